The van der Waals surface area contributed by atoms with Crippen LogP contribution >= 0.6 is 0 Å². The van der Waals surface area contributed by atoms with Gasteiger partial charge >= 0.3 is 0 Å². The van der Waals surface area contributed by atoms with Crippen LogP contribution in [0, 0.1) is 6.92 Å². The lowest BCUT2D eigenvalue weighted by molar-refractivity contribution is -0.119. The Morgan fingerprint density at radius 1 is 1.47 bits per heavy atom. The Morgan fingerprint density at radius 2 is 2.16 bits per heavy atom. The molecule has 1 aliphatic heterocycles. The number of nitrogens with two attached hydrogens (primary N) is 1. The normalized spacial score (nSPS) is 17.3. The molecule has 2 amide bonds. The van der Waals surface area contributed by atoms with E-state index in [-0.39, 0.29) is 30.2 Å². The highest BCUT2D eigenvalue weighted by Gasteiger charge is 2.23. The zero-order valence-electron chi connectivity index (χ0n) is 10.8. The van der Waals surface area contributed by atoms with Gasteiger partial charge in [-0.2, -0.15) is 0 Å². The van der Waals surface area contributed by atoms with Crippen LogP contribution in [-0.2, 0) is 4.79 Å². The summed E-state index contributed by atoms with van der Waals surface area (Å²) in [5, 5.41) is 9.35. The van der Waals surface area contributed by atoms with E-state index in [9.17, 15) is 9.59 Å². The van der Waals surface area contributed by atoms with Gasteiger partial charge < -0.3 is 11.1 Å². The highest BCUT2D eigenvalue weighted by atomic mass is 16.2. The Kier molecular flexibility index (Phi) is 4.10. The van der Waals surface area contributed by atoms with E-state index in [1.165, 1.54) is 0 Å². The summed E-state index contributed by atoms with van der Waals surface area (Å²) in [5.41, 5.74) is 5.15. The predicted molar refractivity (Wildman–Crippen MR) is 67.2 cm³/mol. The minimum atomic E-state index is -0.321. The molecule has 2 heterocycles. The van der Waals surface area contributed by atoms with Crippen molar-refractivity contribution in [2.24, 2.45) is 5.73 Å². The van der Waals surface area contributed by atoms with E-state index in [4.69, 9.17) is 5.73 Å². The molecule has 8 heteroatoms. The number of amides is 2. The van der Waals surface area contributed by atoms with Crippen LogP contribution in [0.4, 0.5) is 0 Å². The highest BCUT2D eigenvalue weighted by Crippen LogP contribution is 2.10. The van der Waals surface area contributed by atoms with Crippen LogP contribution in [-0.4, -0.2) is 57.6 Å². The average Bonchev–Trinajstić information content (AvgIpc) is 2.78. The number of hydrogen-bond acceptors (Lipinski definition) is 5. The van der Waals surface area contributed by atoms with Crippen LogP contribution in [0.1, 0.15) is 29.3 Å². The van der Waals surface area contributed by atoms with E-state index >= 15 is 0 Å². The second-order valence-corrected chi connectivity index (χ2v) is 4.73. The van der Waals surface area contributed by atoms with Gasteiger partial charge in [0.15, 0.2) is 0 Å². The van der Waals surface area contributed by atoms with Gasteiger partial charge in [0, 0.05) is 19.1 Å². The summed E-state index contributed by atoms with van der Waals surface area (Å²) >= 11 is 0. The summed E-state index contributed by atoms with van der Waals surface area (Å²) in [6, 6.07) is 0.0930. The van der Waals surface area contributed by atoms with Gasteiger partial charge in [-0.25, -0.2) is 4.98 Å². The molecule has 1 aromatic rings. The van der Waals surface area contributed by atoms with Crippen molar-refractivity contribution in [3.63, 3.8) is 0 Å². The standard InChI is InChI=1S/C11H18N6O2/c1-7-13-10(16-15-7)11(19)14-8-2-4-17(5-3-8)6-9(12)18/h8H,2-6H2,1H3,(H2,12,18)(H,14,19)(H,13,15,16). The van der Waals surface area contributed by atoms with Crippen molar-refractivity contribution in [1.29, 1.82) is 0 Å². The molecular formula is C11H18N6O2. The largest absolute Gasteiger partial charge is 0.369 e. The summed E-state index contributed by atoms with van der Waals surface area (Å²) in [6.07, 6.45) is 1.59. The van der Waals surface area contributed by atoms with Crippen molar-refractivity contribution in [2.45, 2.75) is 25.8 Å². The summed E-state index contributed by atoms with van der Waals surface area (Å²) in [5.74, 6) is 0.190. The Labute approximate surface area is 110 Å². The third-order valence-corrected chi connectivity index (χ3v) is 3.10. The molecule has 0 atom stereocenters. The number of carbonyl (C=O) groups is 2. The molecule has 1 aliphatic rings. The van der Waals surface area contributed by atoms with Gasteiger partial charge in [-0.15, -0.1) is 5.10 Å². The maximum Gasteiger partial charge on any atom is 0.291 e. The molecule has 19 heavy (non-hydrogen) atoms. The van der Waals surface area contributed by atoms with Crippen LogP contribution in [0.5, 0.6) is 0 Å². The zero-order chi connectivity index (χ0) is 13.8. The number of rotatable bonds is 4. The van der Waals surface area contributed by atoms with Crippen molar-refractivity contribution in [2.75, 3.05) is 19.6 Å². The summed E-state index contributed by atoms with van der Waals surface area (Å²) in [6.45, 7) is 3.52. The number of piperidine rings is 1. The van der Waals surface area contributed by atoms with Crippen LogP contribution in [0.3, 0.4) is 0 Å². The van der Waals surface area contributed by atoms with E-state index < -0.39 is 0 Å². The topological polar surface area (TPSA) is 117 Å². The van der Waals surface area contributed by atoms with Gasteiger partial charge in [0.05, 0.1) is 6.54 Å². The maximum atomic E-state index is 11.8. The lowest BCUT2D eigenvalue weighted by Crippen LogP contribution is -2.46. The van der Waals surface area contributed by atoms with Crippen LogP contribution < -0.4 is 11.1 Å². The molecule has 1 fully saturated rings. The zero-order valence-corrected chi connectivity index (χ0v) is 10.8. The Hall–Kier alpha value is -1.96. The third kappa shape index (κ3) is 3.75. The van der Waals surface area contributed by atoms with Crippen molar-refractivity contribution < 1.29 is 9.59 Å². The minimum Gasteiger partial charge on any atom is -0.369 e. The number of carbonyl (C=O) groups excluding carboxylic acids is 2. The number of aryl methyl sites for hydroxylation is 1. The van der Waals surface area contributed by atoms with Gasteiger partial charge in [0.2, 0.25) is 11.7 Å². The molecule has 0 aromatic carbocycles. The molecule has 104 valence electrons. The van der Waals surface area contributed by atoms with E-state index in [1.807, 2.05) is 4.90 Å². The van der Waals surface area contributed by atoms with Crippen molar-refractivity contribution >= 4 is 11.8 Å². The fraction of sp³-hybridized carbons (Fsp3) is 0.636. The number of nitrogens with zero attached hydrogens (tertiary/aromatic N) is 3. The molecule has 1 aromatic heterocycles. The molecule has 1 saturated heterocycles. The number of aromatic nitrogens is 3. The first kappa shape index (κ1) is 13.5. The van der Waals surface area contributed by atoms with Crippen LogP contribution in [0.25, 0.3) is 0 Å². The van der Waals surface area contributed by atoms with Gasteiger partial charge in [0.1, 0.15) is 5.82 Å². The second kappa shape index (κ2) is 5.79. The van der Waals surface area contributed by atoms with Crippen molar-refractivity contribution in [3.05, 3.63) is 11.6 Å². The fourth-order valence-electron chi connectivity index (χ4n) is 2.15. The molecule has 0 bridgehead atoms. The lowest BCUT2D eigenvalue weighted by Gasteiger charge is -2.31. The van der Waals surface area contributed by atoms with Gasteiger partial charge in [-0.3, -0.25) is 19.6 Å². The average molecular weight is 266 g/mol. The van der Waals surface area contributed by atoms with Gasteiger partial charge in [-0.1, -0.05) is 0 Å². The molecule has 0 aliphatic carbocycles. The SMILES string of the molecule is Cc1nc(C(=O)NC2CCN(CC(N)=O)CC2)n[nH]1. The number of H-pyrrole nitrogens is 1. The minimum absolute atomic E-state index is 0.0930. The first-order valence-electron chi connectivity index (χ1n) is 6.25. The molecule has 0 radical (unpaired) electrons. The third-order valence-electron chi connectivity index (χ3n) is 3.10. The number of likely N-dealkylation sites (tertiary alicyclic amines) is 1. The quantitative estimate of drug-likeness (QED) is 0.632. The van der Waals surface area contributed by atoms with Crippen LogP contribution in [0.15, 0.2) is 0 Å². The summed E-state index contributed by atoms with van der Waals surface area (Å²) < 4.78 is 0. The molecular weight excluding hydrogens is 248 g/mol. The van der Waals surface area contributed by atoms with Crippen molar-refractivity contribution in [1.82, 2.24) is 25.4 Å². The van der Waals surface area contributed by atoms with Gasteiger partial charge in [-0.05, 0) is 19.8 Å². The Balaban J connectivity index is 1.79. The Bertz CT molecular complexity index is 464. The smallest absolute Gasteiger partial charge is 0.291 e. The van der Waals surface area contributed by atoms with E-state index in [0.717, 1.165) is 25.9 Å². The monoisotopic (exact) mass is 266 g/mol. The number of nitrogens with one attached hydrogen (secondary N) is 2. The van der Waals surface area contributed by atoms with E-state index in [0.29, 0.717) is 5.82 Å². The lowest BCUT2D eigenvalue weighted by atomic mass is 10.1. The van der Waals surface area contributed by atoms with E-state index in [2.05, 4.69) is 20.5 Å². The number of hydrogen-bond donors (Lipinski definition) is 3. The number of aromatic amines is 1. The maximum absolute atomic E-state index is 11.8. The molecule has 0 saturated carbocycles. The first-order valence-corrected chi connectivity index (χ1v) is 6.25. The number of primary amides is 1. The first-order chi connectivity index (χ1) is 9.04. The highest BCUT2D eigenvalue weighted by molar-refractivity contribution is 5.90. The fourth-order valence-corrected chi connectivity index (χ4v) is 2.15. The summed E-state index contributed by atoms with van der Waals surface area (Å²) in [4.78, 5) is 28.6. The molecule has 2 rings (SSSR count). The van der Waals surface area contributed by atoms with Crippen LogP contribution in [0.2, 0.25) is 0 Å². The molecule has 8 nitrogen and oxygen atoms in total. The Morgan fingerprint density at radius 3 is 2.68 bits per heavy atom. The molecule has 4 N–H and O–H groups in total. The molecule has 0 unspecified atom stereocenters. The van der Waals surface area contributed by atoms with E-state index in [1.54, 1.807) is 6.92 Å². The predicted octanol–water partition coefficient (Wildman–Crippen LogP) is -1.21. The summed E-state index contributed by atoms with van der Waals surface area (Å²) in [7, 11) is 0. The molecule has 0 spiro atoms. The van der Waals surface area contributed by atoms with Gasteiger partial charge in [0.25, 0.3) is 5.91 Å². The van der Waals surface area contributed by atoms with Crippen molar-refractivity contribution in [3.8, 4) is 0 Å². The second-order valence-electron chi connectivity index (χ2n) is 4.73.